The Morgan fingerprint density at radius 3 is 2.61 bits per heavy atom. The van der Waals surface area contributed by atoms with Crippen LogP contribution in [0.4, 0.5) is 16.7 Å². The van der Waals surface area contributed by atoms with Gasteiger partial charge in [-0.1, -0.05) is 41.7 Å². The van der Waals surface area contributed by atoms with Crippen LogP contribution in [0.2, 0.25) is 0 Å². The Bertz CT molecular complexity index is 1310. The van der Waals surface area contributed by atoms with Crippen LogP contribution in [-0.2, 0) is 4.79 Å². The Balaban J connectivity index is 1.44. The number of aromatic nitrogens is 1. The molecule has 2 heterocycles. The van der Waals surface area contributed by atoms with Crippen molar-refractivity contribution in [1.29, 1.82) is 0 Å². The van der Waals surface area contributed by atoms with Gasteiger partial charge in [0.1, 0.15) is 4.92 Å². The summed E-state index contributed by atoms with van der Waals surface area (Å²) in [5.41, 5.74) is 2.02. The highest BCUT2D eigenvalue weighted by Gasteiger charge is 2.17. The van der Waals surface area contributed by atoms with Crippen LogP contribution in [0, 0.1) is 10.1 Å². The molecule has 9 nitrogen and oxygen atoms in total. The van der Waals surface area contributed by atoms with E-state index in [1.165, 1.54) is 23.5 Å². The van der Waals surface area contributed by atoms with Crippen molar-refractivity contribution in [2.45, 2.75) is 0 Å². The van der Waals surface area contributed by atoms with E-state index in [1.54, 1.807) is 24.3 Å². The first-order valence-corrected chi connectivity index (χ1v) is 9.80. The van der Waals surface area contributed by atoms with E-state index in [0.29, 0.717) is 16.3 Å². The van der Waals surface area contributed by atoms with Gasteiger partial charge in [0.05, 0.1) is 16.3 Å². The molecule has 0 saturated carbocycles. The van der Waals surface area contributed by atoms with Crippen LogP contribution in [0.25, 0.3) is 16.3 Å². The number of hydrogen-bond donors (Lipinski definition) is 2. The minimum atomic E-state index is -0.717. The maximum absolute atomic E-state index is 12.2. The van der Waals surface area contributed by atoms with Crippen molar-refractivity contribution < 1.29 is 18.9 Å². The molecule has 0 aliphatic carbocycles. The molecule has 0 aliphatic heterocycles. The molecule has 2 aromatic heterocycles. The van der Waals surface area contributed by atoms with E-state index in [4.69, 9.17) is 4.42 Å². The Labute approximate surface area is 179 Å². The van der Waals surface area contributed by atoms with E-state index in [9.17, 15) is 19.7 Å². The maximum Gasteiger partial charge on any atom is 0.433 e. The quantitative estimate of drug-likeness (QED) is 0.257. The Morgan fingerprint density at radius 1 is 1.06 bits per heavy atom. The van der Waals surface area contributed by atoms with Gasteiger partial charge in [-0.2, -0.15) is 0 Å². The zero-order chi connectivity index (χ0) is 21.8. The molecule has 0 aliphatic rings. The van der Waals surface area contributed by atoms with Crippen LogP contribution in [0.1, 0.15) is 16.1 Å². The number of carbonyl (C=O) groups is 2. The van der Waals surface area contributed by atoms with Gasteiger partial charge in [0.2, 0.25) is 5.91 Å². The van der Waals surface area contributed by atoms with Gasteiger partial charge < -0.3 is 9.73 Å². The molecule has 10 heteroatoms. The number of benzene rings is 2. The van der Waals surface area contributed by atoms with Gasteiger partial charge in [-0.05, 0) is 35.9 Å². The van der Waals surface area contributed by atoms with Crippen molar-refractivity contribution >= 4 is 56.1 Å². The number of anilines is 2. The Kier molecular flexibility index (Phi) is 5.54. The number of rotatable bonds is 6. The van der Waals surface area contributed by atoms with Crippen LogP contribution < -0.4 is 10.6 Å². The molecule has 0 fully saturated rings. The zero-order valence-electron chi connectivity index (χ0n) is 15.8. The zero-order valence-corrected chi connectivity index (χ0v) is 16.6. The van der Waals surface area contributed by atoms with Crippen molar-refractivity contribution in [2.75, 3.05) is 10.6 Å². The Hall–Kier alpha value is -4.31. The summed E-state index contributed by atoms with van der Waals surface area (Å²) in [6.07, 6.45) is 3.13. The van der Waals surface area contributed by atoms with Gasteiger partial charge in [-0.3, -0.25) is 25.0 Å². The summed E-state index contributed by atoms with van der Waals surface area (Å²) in [5.74, 6) is -1.61. The lowest BCUT2D eigenvalue weighted by molar-refractivity contribution is -0.402. The normalized spacial score (nSPS) is 11.0. The van der Waals surface area contributed by atoms with Gasteiger partial charge in [0, 0.05) is 11.8 Å². The number of furan rings is 1. The molecule has 0 spiro atoms. The lowest BCUT2D eigenvalue weighted by Gasteiger charge is -2.02. The van der Waals surface area contributed by atoms with Crippen LogP contribution in [0.5, 0.6) is 0 Å². The fourth-order valence-corrected chi connectivity index (χ4v) is 3.59. The molecule has 0 saturated heterocycles. The fourth-order valence-electron chi connectivity index (χ4n) is 2.68. The number of hydrogen-bond acceptors (Lipinski definition) is 7. The second kappa shape index (κ2) is 8.59. The summed E-state index contributed by atoms with van der Waals surface area (Å²) in [6.45, 7) is 0. The van der Waals surface area contributed by atoms with Gasteiger partial charge in [-0.25, -0.2) is 4.98 Å². The first kappa shape index (κ1) is 20.0. The van der Waals surface area contributed by atoms with E-state index in [-0.39, 0.29) is 11.7 Å². The number of nitrogens with zero attached hydrogens (tertiary/aromatic N) is 2. The average Bonchev–Trinajstić information content (AvgIpc) is 3.40. The topological polar surface area (TPSA) is 127 Å². The molecule has 4 rings (SSSR count). The number of nitrogens with one attached hydrogen (secondary N) is 2. The predicted octanol–water partition coefficient (Wildman–Crippen LogP) is 4.70. The van der Waals surface area contributed by atoms with Crippen molar-refractivity contribution in [3.63, 3.8) is 0 Å². The lowest BCUT2D eigenvalue weighted by Crippen LogP contribution is -2.10. The maximum atomic E-state index is 12.2. The average molecular weight is 434 g/mol. The first-order chi connectivity index (χ1) is 15.0. The summed E-state index contributed by atoms with van der Waals surface area (Å²) < 4.78 is 5.64. The van der Waals surface area contributed by atoms with E-state index in [0.717, 1.165) is 16.3 Å². The third-order valence-corrected chi connectivity index (χ3v) is 5.03. The molecule has 0 atom stereocenters. The first-order valence-electron chi connectivity index (χ1n) is 8.98. The summed E-state index contributed by atoms with van der Waals surface area (Å²) in [7, 11) is 0. The highest BCUT2D eigenvalue weighted by Crippen LogP contribution is 2.29. The molecule has 4 aromatic rings. The fraction of sp³-hybridized carbons (Fsp3) is 0. The molecular formula is C21H14N4O5S. The molecule has 0 radical (unpaired) electrons. The summed E-state index contributed by atoms with van der Waals surface area (Å²) in [6, 6.07) is 16.8. The van der Waals surface area contributed by atoms with Crippen LogP contribution in [0.3, 0.4) is 0 Å². The van der Waals surface area contributed by atoms with Crippen molar-refractivity contribution in [3.8, 4) is 0 Å². The third kappa shape index (κ3) is 4.82. The van der Waals surface area contributed by atoms with Crippen molar-refractivity contribution in [3.05, 3.63) is 88.2 Å². The second-order valence-corrected chi connectivity index (χ2v) is 7.31. The van der Waals surface area contributed by atoms with Crippen LogP contribution in [0.15, 0.2) is 71.2 Å². The summed E-state index contributed by atoms with van der Waals surface area (Å²) in [5, 5.41) is 16.4. The smallest absolute Gasteiger partial charge is 0.395 e. The van der Waals surface area contributed by atoms with Crippen LogP contribution in [-0.4, -0.2) is 21.7 Å². The molecule has 2 amide bonds. The van der Waals surface area contributed by atoms with Crippen molar-refractivity contribution in [2.24, 2.45) is 0 Å². The van der Waals surface area contributed by atoms with Gasteiger partial charge in [0.15, 0.2) is 10.9 Å². The standard InChI is InChI=1S/C21H14N4O5S/c26-18(10-6-13-4-2-1-3-5-13)24-21-23-15-8-7-14(12-17(15)31-21)22-20(27)16-9-11-19(30-16)25(28)29/h1-12H,(H,22,27)(H,23,24,26)/b10-6+. The highest BCUT2D eigenvalue weighted by molar-refractivity contribution is 7.22. The number of thiazole rings is 1. The molecule has 0 unspecified atom stereocenters. The molecule has 0 bridgehead atoms. The third-order valence-electron chi connectivity index (χ3n) is 4.10. The molecule has 2 N–H and O–H groups in total. The largest absolute Gasteiger partial charge is 0.433 e. The number of carbonyl (C=O) groups excluding carboxylic acids is 2. The molecule has 2 aromatic carbocycles. The number of nitro groups is 1. The minimum Gasteiger partial charge on any atom is -0.395 e. The monoisotopic (exact) mass is 434 g/mol. The number of amides is 2. The molecule has 31 heavy (non-hydrogen) atoms. The SMILES string of the molecule is O=C(/C=C/c1ccccc1)Nc1nc2ccc(NC(=O)c3ccc([N+](=O)[O-])o3)cc2s1. The number of fused-ring (bicyclic) bond motifs is 1. The Morgan fingerprint density at radius 2 is 1.87 bits per heavy atom. The van der Waals surface area contributed by atoms with Gasteiger partial charge >= 0.3 is 5.88 Å². The van der Waals surface area contributed by atoms with Gasteiger partial charge in [0.25, 0.3) is 5.91 Å². The summed E-state index contributed by atoms with van der Waals surface area (Å²) >= 11 is 1.25. The summed E-state index contributed by atoms with van der Waals surface area (Å²) in [4.78, 5) is 38.7. The van der Waals surface area contributed by atoms with E-state index in [2.05, 4.69) is 15.6 Å². The van der Waals surface area contributed by atoms with E-state index in [1.807, 2.05) is 30.3 Å². The lowest BCUT2D eigenvalue weighted by atomic mass is 10.2. The van der Waals surface area contributed by atoms with Crippen molar-refractivity contribution in [1.82, 2.24) is 4.98 Å². The van der Waals surface area contributed by atoms with Crippen LogP contribution >= 0.6 is 11.3 Å². The molecule has 154 valence electrons. The van der Waals surface area contributed by atoms with Gasteiger partial charge in [-0.15, -0.1) is 0 Å². The van der Waals surface area contributed by atoms with E-state index >= 15 is 0 Å². The van der Waals surface area contributed by atoms with E-state index < -0.39 is 16.7 Å². The highest BCUT2D eigenvalue weighted by atomic mass is 32.1. The molecular weight excluding hydrogens is 420 g/mol. The minimum absolute atomic E-state index is 0.172. The predicted molar refractivity (Wildman–Crippen MR) is 117 cm³/mol. The second-order valence-electron chi connectivity index (χ2n) is 6.28.